The molecule has 0 bridgehead atoms. The van der Waals surface area contributed by atoms with Gasteiger partial charge in [-0.15, -0.1) is 0 Å². The lowest BCUT2D eigenvalue weighted by Gasteiger charge is -2.26. The highest BCUT2D eigenvalue weighted by molar-refractivity contribution is 8.04. The zero-order chi connectivity index (χ0) is 16.3. The third-order valence-corrected chi connectivity index (χ3v) is 6.27. The third-order valence-electron chi connectivity index (χ3n) is 3.40. The van der Waals surface area contributed by atoms with E-state index < -0.39 is 15.9 Å². The number of rotatable bonds is 4. The predicted molar refractivity (Wildman–Crippen MR) is 90.3 cm³/mol. The van der Waals surface area contributed by atoms with Crippen LogP contribution in [0.1, 0.15) is 6.42 Å². The lowest BCUT2D eigenvalue weighted by Crippen LogP contribution is -2.40. The van der Waals surface area contributed by atoms with Crippen LogP contribution in [-0.2, 0) is 14.8 Å². The van der Waals surface area contributed by atoms with Crippen LogP contribution in [0.25, 0.3) is 0 Å². The molecular weight excluding hydrogens is 330 g/mol. The summed E-state index contributed by atoms with van der Waals surface area (Å²) in [5, 5.41) is 0. The van der Waals surface area contributed by atoms with Crippen molar-refractivity contribution >= 4 is 27.7 Å². The van der Waals surface area contributed by atoms with Crippen molar-refractivity contribution in [3.05, 3.63) is 71.6 Å². The fourth-order valence-corrected chi connectivity index (χ4v) is 4.70. The van der Waals surface area contributed by atoms with E-state index in [9.17, 15) is 13.2 Å². The van der Waals surface area contributed by atoms with E-state index >= 15 is 0 Å². The maximum Gasteiger partial charge on any atom is 0.274 e. The molecule has 6 heteroatoms. The number of hydrogen-bond acceptors (Lipinski definition) is 4. The lowest BCUT2D eigenvalue weighted by atomic mass is 10.3. The van der Waals surface area contributed by atoms with Crippen molar-refractivity contribution in [1.82, 2.24) is 4.31 Å². The first-order valence-electron chi connectivity index (χ1n) is 7.14. The molecular formula is C17H15NO3S2. The first-order valence-corrected chi connectivity index (χ1v) is 9.40. The monoisotopic (exact) mass is 345 g/mol. The number of hydrogen-bond donors (Lipinski definition) is 0. The van der Waals surface area contributed by atoms with Gasteiger partial charge in [-0.1, -0.05) is 54.2 Å². The van der Waals surface area contributed by atoms with Crippen LogP contribution < -0.4 is 0 Å². The minimum atomic E-state index is -3.81. The second-order valence-electron chi connectivity index (χ2n) is 4.97. The molecule has 23 heavy (non-hydrogen) atoms. The fourth-order valence-electron chi connectivity index (χ4n) is 2.27. The van der Waals surface area contributed by atoms with Crippen LogP contribution in [0.4, 0.5) is 0 Å². The largest absolute Gasteiger partial charge is 0.274 e. The van der Waals surface area contributed by atoms with Crippen molar-refractivity contribution in [1.29, 1.82) is 0 Å². The zero-order valence-electron chi connectivity index (χ0n) is 12.3. The zero-order valence-corrected chi connectivity index (χ0v) is 13.9. The number of carbonyl (C=O) groups excluding carboxylic acids is 1. The number of sulfonamides is 1. The molecule has 0 unspecified atom stereocenters. The van der Waals surface area contributed by atoms with Gasteiger partial charge >= 0.3 is 0 Å². The molecule has 0 fully saturated rings. The molecule has 1 aliphatic rings. The molecule has 0 atom stereocenters. The van der Waals surface area contributed by atoms with E-state index in [-0.39, 0.29) is 11.4 Å². The van der Waals surface area contributed by atoms with E-state index in [0.717, 1.165) is 9.20 Å². The Hall–Kier alpha value is -2.05. The Balaban J connectivity index is 1.86. The van der Waals surface area contributed by atoms with Gasteiger partial charge in [-0.3, -0.25) is 4.79 Å². The van der Waals surface area contributed by atoms with Gasteiger partial charge in [0.2, 0.25) is 0 Å². The van der Waals surface area contributed by atoms with Crippen molar-refractivity contribution in [3.63, 3.8) is 0 Å². The Morgan fingerprint density at radius 2 is 1.52 bits per heavy atom. The molecule has 3 rings (SSSR count). The average molecular weight is 345 g/mol. The number of benzene rings is 2. The Kier molecular flexibility index (Phi) is 4.54. The van der Waals surface area contributed by atoms with E-state index in [1.54, 1.807) is 24.3 Å². The van der Waals surface area contributed by atoms with Gasteiger partial charge in [0, 0.05) is 11.4 Å². The summed E-state index contributed by atoms with van der Waals surface area (Å²) in [6, 6.07) is 17.5. The minimum Gasteiger partial charge on any atom is -0.267 e. The maximum atomic E-state index is 12.7. The molecule has 0 N–H and O–H groups in total. The van der Waals surface area contributed by atoms with Crippen molar-refractivity contribution in [2.45, 2.75) is 16.2 Å². The van der Waals surface area contributed by atoms with Gasteiger partial charge in [0.25, 0.3) is 15.9 Å². The van der Waals surface area contributed by atoms with E-state index in [0.29, 0.717) is 11.3 Å². The van der Waals surface area contributed by atoms with Crippen LogP contribution in [0.5, 0.6) is 0 Å². The van der Waals surface area contributed by atoms with Crippen LogP contribution >= 0.6 is 11.8 Å². The minimum absolute atomic E-state index is 0.138. The summed E-state index contributed by atoms with van der Waals surface area (Å²) >= 11 is 1.29. The normalized spacial score (nSPS) is 15.4. The molecule has 0 spiro atoms. The van der Waals surface area contributed by atoms with Crippen LogP contribution in [0.15, 0.2) is 81.4 Å². The summed E-state index contributed by atoms with van der Waals surface area (Å²) in [5.41, 5.74) is 0. The molecule has 4 nitrogen and oxygen atoms in total. The van der Waals surface area contributed by atoms with Gasteiger partial charge in [-0.25, -0.2) is 12.7 Å². The summed E-state index contributed by atoms with van der Waals surface area (Å²) in [4.78, 5) is 14.1. The quantitative estimate of drug-likeness (QED) is 0.853. The second kappa shape index (κ2) is 6.60. The Morgan fingerprint density at radius 3 is 2.17 bits per heavy atom. The van der Waals surface area contributed by atoms with Crippen molar-refractivity contribution in [2.75, 3.05) is 6.54 Å². The van der Waals surface area contributed by atoms with Crippen molar-refractivity contribution < 1.29 is 13.2 Å². The SMILES string of the molecule is O=C1C(Sc2ccccc2)=CCCN1S(=O)(=O)c1ccccc1. The van der Waals surface area contributed by atoms with Gasteiger partial charge in [-0.2, -0.15) is 0 Å². The number of thioether (sulfide) groups is 1. The van der Waals surface area contributed by atoms with Gasteiger partial charge in [0.1, 0.15) is 0 Å². The molecule has 0 aliphatic carbocycles. The standard InChI is InChI=1S/C17H15NO3S2/c19-17-16(22-14-8-3-1-4-9-14)12-7-13-18(17)23(20,21)15-10-5-2-6-11-15/h1-6,8-12H,7,13H2. The fraction of sp³-hybridized carbons (Fsp3) is 0.118. The van der Waals surface area contributed by atoms with Crippen molar-refractivity contribution in [3.8, 4) is 0 Å². The Morgan fingerprint density at radius 1 is 0.913 bits per heavy atom. The highest BCUT2D eigenvalue weighted by Crippen LogP contribution is 2.32. The van der Waals surface area contributed by atoms with Gasteiger partial charge in [-0.05, 0) is 30.7 Å². The molecule has 0 saturated heterocycles. The maximum absolute atomic E-state index is 12.7. The summed E-state index contributed by atoms with van der Waals surface area (Å²) in [6.07, 6.45) is 2.32. The molecule has 1 amide bonds. The van der Waals surface area contributed by atoms with Crippen LogP contribution in [0.3, 0.4) is 0 Å². The van der Waals surface area contributed by atoms with E-state index in [4.69, 9.17) is 0 Å². The van der Waals surface area contributed by atoms with E-state index in [1.165, 1.54) is 23.9 Å². The van der Waals surface area contributed by atoms with Crippen LogP contribution in [0.2, 0.25) is 0 Å². The smallest absolute Gasteiger partial charge is 0.267 e. The summed E-state index contributed by atoms with van der Waals surface area (Å²) in [7, 11) is -3.81. The van der Waals surface area contributed by atoms with Crippen LogP contribution in [-0.4, -0.2) is 25.2 Å². The molecule has 0 saturated carbocycles. The number of nitrogens with zero attached hydrogens (tertiary/aromatic N) is 1. The molecule has 118 valence electrons. The molecule has 1 heterocycles. The van der Waals surface area contributed by atoms with Crippen molar-refractivity contribution in [2.24, 2.45) is 0 Å². The molecule has 0 aromatic heterocycles. The van der Waals surface area contributed by atoms with Gasteiger partial charge in [0.15, 0.2) is 0 Å². The first-order chi connectivity index (χ1) is 11.1. The van der Waals surface area contributed by atoms with Gasteiger partial charge < -0.3 is 0 Å². The predicted octanol–water partition coefficient (Wildman–Crippen LogP) is 3.28. The summed E-state index contributed by atoms with van der Waals surface area (Å²) < 4.78 is 26.3. The van der Waals surface area contributed by atoms with Gasteiger partial charge in [0.05, 0.1) is 9.80 Å². The Labute approximate surface area is 139 Å². The summed E-state index contributed by atoms with van der Waals surface area (Å²) in [5.74, 6) is -0.464. The second-order valence-corrected chi connectivity index (χ2v) is 7.95. The Bertz CT molecular complexity index is 831. The topological polar surface area (TPSA) is 54.5 Å². The number of amides is 1. The highest BCUT2D eigenvalue weighted by atomic mass is 32.2. The number of carbonyl (C=O) groups is 1. The first kappa shape index (κ1) is 15.8. The third kappa shape index (κ3) is 3.33. The van der Waals surface area contributed by atoms with Crippen LogP contribution in [0, 0.1) is 0 Å². The summed E-state index contributed by atoms with van der Waals surface area (Å²) in [6.45, 7) is 0.176. The molecule has 2 aromatic rings. The van der Waals surface area contributed by atoms with E-state index in [2.05, 4.69) is 0 Å². The lowest BCUT2D eigenvalue weighted by molar-refractivity contribution is -0.122. The molecule has 1 aliphatic heterocycles. The molecule has 0 radical (unpaired) electrons. The highest BCUT2D eigenvalue weighted by Gasteiger charge is 2.33. The van der Waals surface area contributed by atoms with E-state index in [1.807, 2.05) is 30.3 Å². The molecule has 2 aromatic carbocycles. The average Bonchev–Trinajstić information content (AvgIpc) is 2.58.